The van der Waals surface area contributed by atoms with Crippen LogP contribution in [-0.4, -0.2) is 20.8 Å². The van der Waals surface area contributed by atoms with E-state index in [0.717, 1.165) is 4.57 Å². The zero-order chi connectivity index (χ0) is 9.14. The van der Waals surface area contributed by atoms with E-state index in [1.165, 1.54) is 11.8 Å². The van der Waals surface area contributed by atoms with Crippen molar-refractivity contribution >= 4 is 11.8 Å². The van der Waals surface area contributed by atoms with E-state index in [9.17, 15) is 9.59 Å². The van der Waals surface area contributed by atoms with Gasteiger partial charge < -0.3 is 0 Å². The standard InChI is InChI=1S/C6H9N3O2S/c1-3-9-5(10)7-4(12-2)8-6(9)11/h3H2,1-2H3,(H,7,8,10,11). The minimum atomic E-state index is -0.495. The van der Waals surface area contributed by atoms with Crippen molar-refractivity contribution in [2.45, 2.75) is 18.6 Å². The highest BCUT2D eigenvalue weighted by Crippen LogP contribution is 2.00. The number of H-pyrrole nitrogens is 1. The fourth-order valence-electron chi connectivity index (χ4n) is 0.797. The number of aromatic nitrogens is 3. The van der Waals surface area contributed by atoms with Gasteiger partial charge in [0, 0.05) is 6.54 Å². The second-order valence-corrected chi connectivity index (χ2v) is 2.87. The molecule has 1 heterocycles. The van der Waals surface area contributed by atoms with Crippen LogP contribution < -0.4 is 11.4 Å². The Hall–Kier alpha value is -1.04. The van der Waals surface area contributed by atoms with Gasteiger partial charge in [-0.15, -0.1) is 0 Å². The predicted octanol–water partition coefficient (Wildman–Crippen LogP) is -0.327. The fraction of sp³-hybridized carbons (Fsp3) is 0.500. The molecule has 5 nitrogen and oxygen atoms in total. The predicted molar refractivity (Wildman–Crippen MR) is 46.6 cm³/mol. The third-order valence-electron chi connectivity index (χ3n) is 1.40. The van der Waals surface area contributed by atoms with E-state index in [1.807, 2.05) is 0 Å². The maximum atomic E-state index is 11.1. The summed E-state index contributed by atoms with van der Waals surface area (Å²) in [6.45, 7) is 2.06. The Morgan fingerprint density at radius 3 is 2.67 bits per heavy atom. The molecule has 0 atom stereocenters. The summed E-state index contributed by atoms with van der Waals surface area (Å²) in [5, 5.41) is 0.356. The van der Waals surface area contributed by atoms with Gasteiger partial charge in [-0.05, 0) is 13.2 Å². The van der Waals surface area contributed by atoms with E-state index in [-0.39, 0.29) is 0 Å². The highest BCUT2D eigenvalue weighted by molar-refractivity contribution is 7.98. The molecular weight excluding hydrogens is 178 g/mol. The van der Waals surface area contributed by atoms with Gasteiger partial charge in [-0.3, -0.25) is 4.98 Å². The van der Waals surface area contributed by atoms with Gasteiger partial charge in [-0.25, -0.2) is 14.2 Å². The number of rotatable bonds is 2. The van der Waals surface area contributed by atoms with Crippen molar-refractivity contribution in [2.24, 2.45) is 0 Å². The number of hydrogen-bond donors (Lipinski definition) is 1. The van der Waals surface area contributed by atoms with Gasteiger partial charge in [-0.2, -0.15) is 4.98 Å². The molecule has 0 aliphatic heterocycles. The first-order chi connectivity index (χ1) is 5.69. The molecule has 0 saturated heterocycles. The smallest absolute Gasteiger partial charge is 0.286 e. The summed E-state index contributed by atoms with van der Waals surface area (Å²) in [6, 6.07) is 0. The molecule has 1 N–H and O–H groups in total. The summed E-state index contributed by atoms with van der Waals surface area (Å²) in [5.41, 5.74) is -0.896. The lowest BCUT2D eigenvalue weighted by molar-refractivity contribution is 0.614. The second kappa shape index (κ2) is 3.57. The Kier molecular flexibility index (Phi) is 2.69. The average molecular weight is 187 g/mol. The summed E-state index contributed by atoms with van der Waals surface area (Å²) < 4.78 is 1.04. The van der Waals surface area contributed by atoms with Crippen molar-refractivity contribution in [3.63, 3.8) is 0 Å². The minimum Gasteiger partial charge on any atom is -0.286 e. The Bertz CT molecular complexity index is 350. The van der Waals surface area contributed by atoms with Crippen LogP contribution in [-0.2, 0) is 6.54 Å². The number of aromatic amines is 1. The average Bonchev–Trinajstić information content (AvgIpc) is 2.03. The molecule has 0 aliphatic rings. The van der Waals surface area contributed by atoms with Gasteiger partial charge in [0.2, 0.25) is 0 Å². The van der Waals surface area contributed by atoms with Crippen molar-refractivity contribution in [3.8, 4) is 0 Å². The third kappa shape index (κ3) is 1.58. The lowest BCUT2D eigenvalue weighted by Gasteiger charge is -1.99. The lowest BCUT2D eigenvalue weighted by atomic mass is 10.7. The fourth-order valence-corrected chi connectivity index (χ4v) is 1.16. The summed E-state index contributed by atoms with van der Waals surface area (Å²) >= 11 is 1.24. The molecule has 0 bridgehead atoms. The zero-order valence-corrected chi connectivity index (χ0v) is 7.64. The summed E-state index contributed by atoms with van der Waals surface area (Å²) in [7, 11) is 0. The molecule has 0 fully saturated rings. The Morgan fingerprint density at radius 1 is 1.58 bits per heavy atom. The highest BCUT2D eigenvalue weighted by atomic mass is 32.2. The topological polar surface area (TPSA) is 67.8 Å². The second-order valence-electron chi connectivity index (χ2n) is 2.08. The SMILES string of the molecule is CCn1c(=O)nc(SC)[nH]c1=O. The Morgan fingerprint density at radius 2 is 2.25 bits per heavy atom. The molecule has 6 heteroatoms. The molecule has 12 heavy (non-hydrogen) atoms. The first kappa shape index (κ1) is 9.05. The van der Waals surface area contributed by atoms with Gasteiger partial charge in [0.1, 0.15) is 0 Å². The minimum absolute atomic E-state index is 0.343. The van der Waals surface area contributed by atoms with Crippen LogP contribution in [0.5, 0.6) is 0 Å². The van der Waals surface area contributed by atoms with Crippen molar-refractivity contribution < 1.29 is 0 Å². The van der Waals surface area contributed by atoms with Crippen LogP contribution in [0.25, 0.3) is 0 Å². The number of thioether (sulfide) groups is 1. The molecule has 1 aromatic heterocycles. The Labute approximate surface area is 72.8 Å². The summed E-state index contributed by atoms with van der Waals surface area (Å²) in [6.07, 6.45) is 1.74. The van der Waals surface area contributed by atoms with Crippen molar-refractivity contribution in [3.05, 3.63) is 21.0 Å². The van der Waals surface area contributed by atoms with E-state index in [1.54, 1.807) is 13.2 Å². The summed E-state index contributed by atoms with van der Waals surface area (Å²) in [4.78, 5) is 28.3. The highest BCUT2D eigenvalue weighted by Gasteiger charge is 2.01. The van der Waals surface area contributed by atoms with Crippen LogP contribution in [0, 0.1) is 0 Å². The van der Waals surface area contributed by atoms with Crippen LogP contribution in [0.3, 0.4) is 0 Å². The zero-order valence-electron chi connectivity index (χ0n) is 6.83. The van der Waals surface area contributed by atoms with Crippen LogP contribution in [0.1, 0.15) is 6.92 Å². The van der Waals surface area contributed by atoms with E-state index in [4.69, 9.17) is 0 Å². The maximum Gasteiger partial charge on any atom is 0.354 e. The maximum absolute atomic E-state index is 11.1. The van der Waals surface area contributed by atoms with Crippen LogP contribution >= 0.6 is 11.8 Å². The normalized spacial score (nSPS) is 10.2. The van der Waals surface area contributed by atoms with Gasteiger partial charge >= 0.3 is 11.4 Å². The first-order valence-corrected chi connectivity index (χ1v) is 4.66. The first-order valence-electron chi connectivity index (χ1n) is 3.44. The molecule has 66 valence electrons. The molecule has 0 aromatic carbocycles. The molecule has 0 saturated carbocycles. The van der Waals surface area contributed by atoms with Crippen LogP contribution in [0.15, 0.2) is 14.7 Å². The molecule has 1 aromatic rings. The Balaban J connectivity index is 3.39. The van der Waals surface area contributed by atoms with E-state index in [2.05, 4.69) is 9.97 Å². The van der Waals surface area contributed by atoms with Crippen molar-refractivity contribution in [1.29, 1.82) is 0 Å². The van der Waals surface area contributed by atoms with Gasteiger partial charge in [0.25, 0.3) is 0 Å². The molecule has 0 aliphatic carbocycles. The molecule has 0 amide bonds. The van der Waals surface area contributed by atoms with Gasteiger partial charge in [0.05, 0.1) is 0 Å². The van der Waals surface area contributed by atoms with E-state index >= 15 is 0 Å². The number of nitrogens with one attached hydrogen (secondary N) is 1. The van der Waals surface area contributed by atoms with Gasteiger partial charge in [-0.1, -0.05) is 11.8 Å². The van der Waals surface area contributed by atoms with Crippen molar-refractivity contribution in [1.82, 2.24) is 14.5 Å². The largest absolute Gasteiger partial charge is 0.354 e. The quantitative estimate of drug-likeness (QED) is 0.644. The van der Waals surface area contributed by atoms with Crippen molar-refractivity contribution in [2.75, 3.05) is 6.26 Å². The summed E-state index contributed by atoms with van der Waals surface area (Å²) in [5.74, 6) is 0. The molecular formula is C6H9N3O2S. The molecule has 1 rings (SSSR count). The molecule has 0 radical (unpaired) electrons. The lowest BCUT2D eigenvalue weighted by Crippen LogP contribution is -2.36. The number of hydrogen-bond acceptors (Lipinski definition) is 4. The number of nitrogens with zero attached hydrogens (tertiary/aromatic N) is 2. The monoisotopic (exact) mass is 187 g/mol. The molecule has 0 spiro atoms. The van der Waals surface area contributed by atoms with Crippen LogP contribution in [0.4, 0.5) is 0 Å². The third-order valence-corrected chi connectivity index (χ3v) is 1.98. The van der Waals surface area contributed by atoms with Crippen LogP contribution in [0.2, 0.25) is 0 Å². The van der Waals surface area contributed by atoms with E-state index < -0.39 is 11.4 Å². The molecule has 0 unspecified atom stereocenters. The van der Waals surface area contributed by atoms with E-state index in [0.29, 0.717) is 11.7 Å². The van der Waals surface area contributed by atoms with Gasteiger partial charge in [0.15, 0.2) is 5.16 Å².